The van der Waals surface area contributed by atoms with Crippen LogP contribution < -0.4 is 5.32 Å². The average Bonchev–Trinajstić information content (AvgIpc) is 2.98. The Kier molecular flexibility index (Phi) is 3.61. The number of fused-ring (bicyclic) bond motifs is 1. The topological polar surface area (TPSA) is 54.2 Å². The molecular weight excluding hydrogens is 228 g/mol. The van der Waals surface area contributed by atoms with Gasteiger partial charge in [0, 0.05) is 13.0 Å². The fourth-order valence-electron chi connectivity index (χ4n) is 3.12. The van der Waals surface area contributed by atoms with Crippen molar-refractivity contribution in [3.05, 3.63) is 11.7 Å². The normalized spacial score (nSPS) is 28.5. The van der Waals surface area contributed by atoms with Gasteiger partial charge in [0.1, 0.15) is 0 Å². The second-order valence-corrected chi connectivity index (χ2v) is 5.56. The Morgan fingerprint density at radius 2 is 2.28 bits per heavy atom. The van der Waals surface area contributed by atoms with Crippen LogP contribution in [0.2, 0.25) is 0 Å². The third-order valence-corrected chi connectivity index (χ3v) is 4.13. The molecule has 5 heteroatoms. The predicted molar refractivity (Wildman–Crippen MR) is 68.0 cm³/mol. The van der Waals surface area contributed by atoms with Crippen LogP contribution in [0.5, 0.6) is 0 Å². The van der Waals surface area contributed by atoms with Crippen LogP contribution >= 0.6 is 0 Å². The first-order chi connectivity index (χ1) is 8.85. The van der Waals surface area contributed by atoms with Gasteiger partial charge in [0.05, 0.1) is 6.54 Å². The molecule has 3 rings (SSSR count). The molecule has 2 aliphatic rings. The molecule has 5 nitrogen and oxygen atoms in total. The van der Waals surface area contributed by atoms with Crippen molar-refractivity contribution in [3.8, 4) is 0 Å². The van der Waals surface area contributed by atoms with E-state index < -0.39 is 0 Å². The van der Waals surface area contributed by atoms with Crippen LogP contribution in [0.1, 0.15) is 31.5 Å². The molecule has 1 N–H and O–H groups in total. The zero-order valence-corrected chi connectivity index (χ0v) is 11.1. The van der Waals surface area contributed by atoms with Gasteiger partial charge in [-0.15, -0.1) is 0 Å². The van der Waals surface area contributed by atoms with Gasteiger partial charge in [-0.3, -0.25) is 4.90 Å². The smallest absolute Gasteiger partial charge is 0.226 e. The van der Waals surface area contributed by atoms with Crippen LogP contribution in [0, 0.1) is 11.8 Å². The molecule has 0 aromatic carbocycles. The van der Waals surface area contributed by atoms with Gasteiger partial charge in [0.15, 0.2) is 5.82 Å². The van der Waals surface area contributed by atoms with Gasteiger partial charge in [0.25, 0.3) is 0 Å². The summed E-state index contributed by atoms with van der Waals surface area (Å²) >= 11 is 0. The van der Waals surface area contributed by atoms with E-state index in [9.17, 15) is 0 Å². The van der Waals surface area contributed by atoms with E-state index in [4.69, 9.17) is 4.52 Å². The fourth-order valence-corrected chi connectivity index (χ4v) is 3.12. The molecule has 18 heavy (non-hydrogen) atoms. The molecule has 1 aromatic heterocycles. The van der Waals surface area contributed by atoms with Crippen molar-refractivity contribution < 1.29 is 4.52 Å². The second kappa shape index (κ2) is 5.36. The fraction of sp³-hybridized carbons (Fsp3) is 0.846. The van der Waals surface area contributed by atoms with Crippen molar-refractivity contribution in [2.45, 2.75) is 32.7 Å². The summed E-state index contributed by atoms with van der Waals surface area (Å²) in [6, 6.07) is 0. The predicted octanol–water partition coefficient (Wildman–Crippen LogP) is 1.06. The molecule has 0 bridgehead atoms. The highest BCUT2D eigenvalue weighted by Gasteiger charge is 2.32. The Balaban J connectivity index is 1.55. The quantitative estimate of drug-likeness (QED) is 0.866. The van der Waals surface area contributed by atoms with Crippen LogP contribution in [0.4, 0.5) is 0 Å². The zero-order valence-electron chi connectivity index (χ0n) is 11.1. The van der Waals surface area contributed by atoms with E-state index in [1.165, 1.54) is 32.6 Å². The Morgan fingerprint density at radius 1 is 1.39 bits per heavy atom. The number of rotatable bonds is 4. The molecule has 0 spiro atoms. The van der Waals surface area contributed by atoms with Crippen LogP contribution in [-0.4, -0.2) is 41.2 Å². The molecule has 2 aliphatic heterocycles. The lowest BCUT2D eigenvalue weighted by Crippen LogP contribution is -2.39. The number of hydrogen-bond donors (Lipinski definition) is 1. The van der Waals surface area contributed by atoms with Crippen molar-refractivity contribution in [1.29, 1.82) is 0 Å². The maximum Gasteiger partial charge on any atom is 0.226 e. The maximum absolute atomic E-state index is 5.23. The largest absolute Gasteiger partial charge is 0.339 e. The Hall–Kier alpha value is -0.940. The molecule has 100 valence electrons. The molecule has 0 amide bonds. The molecule has 0 aliphatic carbocycles. The van der Waals surface area contributed by atoms with Gasteiger partial charge in [-0.1, -0.05) is 12.1 Å². The van der Waals surface area contributed by atoms with Crippen LogP contribution in [-0.2, 0) is 13.0 Å². The van der Waals surface area contributed by atoms with Gasteiger partial charge in [-0.05, 0) is 44.3 Å². The summed E-state index contributed by atoms with van der Waals surface area (Å²) in [6.07, 6.45) is 3.25. The van der Waals surface area contributed by atoms with E-state index in [2.05, 4.69) is 27.3 Å². The van der Waals surface area contributed by atoms with Gasteiger partial charge in [-0.25, -0.2) is 0 Å². The Labute approximate surface area is 108 Å². The Bertz CT molecular complexity index is 392. The molecule has 2 fully saturated rings. The minimum absolute atomic E-state index is 0.782. The molecule has 0 radical (unpaired) electrons. The lowest BCUT2D eigenvalue weighted by atomic mass is 9.89. The second-order valence-electron chi connectivity index (χ2n) is 5.56. The summed E-state index contributed by atoms with van der Waals surface area (Å²) in [5.41, 5.74) is 0. The Morgan fingerprint density at radius 3 is 3.17 bits per heavy atom. The molecule has 2 saturated heterocycles. The number of nitrogens with zero attached hydrogens (tertiary/aromatic N) is 3. The minimum atomic E-state index is 0.782. The van der Waals surface area contributed by atoms with Gasteiger partial charge >= 0.3 is 0 Å². The minimum Gasteiger partial charge on any atom is -0.339 e. The monoisotopic (exact) mass is 250 g/mol. The first-order valence-electron chi connectivity index (χ1n) is 7.09. The highest BCUT2D eigenvalue weighted by atomic mass is 16.5. The lowest BCUT2D eigenvalue weighted by molar-refractivity contribution is 0.138. The number of likely N-dealkylation sites (tertiary alicyclic amines) is 1. The molecule has 2 atom stereocenters. The van der Waals surface area contributed by atoms with Gasteiger partial charge < -0.3 is 9.84 Å². The highest BCUT2D eigenvalue weighted by molar-refractivity contribution is 4.91. The summed E-state index contributed by atoms with van der Waals surface area (Å²) in [5, 5.41) is 7.56. The van der Waals surface area contributed by atoms with E-state index >= 15 is 0 Å². The van der Waals surface area contributed by atoms with Gasteiger partial charge in [0.2, 0.25) is 5.89 Å². The van der Waals surface area contributed by atoms with E-state index in [-0.39, 0.29) is 0 Å². The van der Waals surface area contributed by atoms with Crippen molar-refractivity contribution in [2.24, 2.45) is 11.8 Å². The maximum atomic E-state index is 5.23. The first kappa shape index (κ1) is 12.1. The summed E-state index contributed by atoms with van der Waals surface area (Å²) < 4.78 is 5.23. The number of hydrogen-bond acceptors (Lipinski definition) is 5. The van der Waals surface area contributed by atoms with Crippen LogP contribution in [0.25, 0.3) is 0 Å². The van der Waals surface area contributed by atoms with E-state index in [0.717, 1.165) is 42.9 Å². The van der Waals surface area contributed by atoms with Crippen molar-refractivity contribution in [2.75, 3.05) is 26.2 Å². The lowest BCUT2D eigenvalue weighted by Gasteiger charge is -2.33. The number of aromatic nitrogens is 2. The number of nitrogens with one attached hydrogen (secondary N) is 1. The molecule has 2 unspecified atom stereocenters. The van der Waals surface area contributed by atoms with E-state index in [1.54, 1.807) is 0 Å². The van der Waals surface area contributed by atoms with Crippen molar-refractivity contribution in [1.82, 2.24) is 20.4 Å². The number of aryl methyl sites for hydroxylation is 1. The van der Waals surface area contributed by atoms with E-state index in [0.29, 0.717) is 0 Å². The van der Waals surface area contributed by atoms with Crippen LogP contribution in [0.15, 0.2) is 4.52 Å². The zero-order chi connectivity index (χ0) is 12.4. The van der Waals surface area contributed by atoms with E-state index in [1.807, 2.05) is 0 Å². The summed E-state index contributed by atoms with van der Waals surface area (Å²) in [4.78, 5) is 6.91. The molecule has 0 saturated carbocycles. The average molecular weight is 250 g/mol. The van der Waals surface area contributed by atoms with Crippen molar-refractivity contribution in [3.63, 3.8) is 0 Å². The van der Waals surface area contributed by atoms with Crippen LogP contribution in [0.3, 0.4) is 0 Å². The molecular formula is C13H22N4O. The summed E-state index contributed by atoms with van der Waals surface area (Å²) in [6.45, 7) is 7.70. The SMILES string of the molecule is CCCc1nc(CN2CCC3CNCC3C2)no1. The summed E-state index contributed by atoms with van der Waals surface area (Å²) in [5.74, 6) is 3.34. The number of piperidine rings is 1. The van der Waals surface area contributed by atoms with Crippen molar-refractivity contribution >= 4 is 0 Å². The molecule has 1 aromatic rings. The highest BCUT2D eigenvalue weighted by Crippen LogP contribution is 2.26. The molecule has 3 heterocycles. The third kappa shape index (κ3) is 2.57. The standard InChI is InChI=1S/C13H22N4O/c1-2-3-13-15-12(16-18-13)9-17-5-4-10-6-14-7-11(10)8-17/h10-11,14H,2-9H2,1H3. The first-order valence-corrected chi connectivity index (χ1v) is 7.09. The summed E-state index contributed by atoms with van der Waals surface area (Å²) in [7, 11) is 0. The third-order valence-electron chi connectivity index (χ3n) is 4.13. The van der Waals surface area contributed by atoms with Gasteiger partial charge in [-0.2, -0.15) is 4.98 Å².